The molecule has 1 aromatic carbocycles. The summed E-state index contributed by atoms with van der Waals surface area (Å²) in [6.07, 6.45) is 0.359. The Morgan fingerprint density at radius 3 is 2.00 bits per heavy atom. The second-order valence-corrected chi connectivity index (χ2v) is 5.77. The summed E-state index contributed by atoms with van der Waals surface area (Å²) in [5, 5.41) is 11.6. The van der Waals surface area contributed by atoms with E-state index in [0.29, 0.717) is 17.5 Å². The minimum absolute atomic E-state index is 0.154. The third-order valence-electron chi connectivity index (χ3n) is 3.11. The summed E-state index contributed by atoms with van der Waals surface area (Å²) in [6, 6.07) is 5.21. The van der Waals surface area contributed by atoms with Crippen LogP contribution in [-0.4, -0.2) is 47.9 Å². The molecular weight excluding hydrogens is 284 g/mol. The minimum atomic E-state index is -1.05. The Labute approximate surface area is 130 Å². The maximum atomic E-state index is 12.1. The third kappa shape index (κ3) is 4.87. The minimum Gasteiger partial charge on any atom is -0.480 e. The van der Waals surface area contributed by atoms with Crippen molar-refractivity contribution in [3.8, 4) is 0 Å². The molecule has 0 spiro atoms. The fraction of sp³-hybridized carbons (Fsp3) is 0.438. The van der Waals surface area contributed by atoms with Gasteiger partial charge in [-0.25, -0.2) is 4.79 Å². The number of benzene rings is 1. The molecule has 6 nitrogen and oxygen atoms in total. The van der Waals surface area contributed by atoms with Gasteiger partial charge < -0.3 is 15.3 Å². The first-order valence-corrected chi connectivity index (χ1v) is 7.07. The molecule has 0 saturated heterocycles. The van der Waals surface area contributed by atoms with E-state index in [-0.39, 0.29) is 11.8 Å². The van der Waals surface area contributed by atoms with Crippen LogP contribution in [0.5, 0.6) is 0 Å². The van der Waals surface area contributed by atoms with Crippen LogP contribution in [0.1, 0.15) is 41.0 Å². The van der Waals surface area contributed by atoms with E-state index in [0.717, 1.165) is 0 Å². The number of carboxylic acids is 1. The van der Waals surface area contributed by atoms with Gasteiger partial charge in [0, 0.05) is 25.2 Å². The van der Waals surface area contributed by atoms with Gasteiger partial charge in [0.2, 0.25) is 0 Å². The highest BCUT2D eigenvalue weighted by Gasteiger charge is 2.21. The van der Waals surface area contributed by atoms with Crippen LogP contribution in [0.25, 0.3) is 0 Å². The zero-order valence-electron chi connectivity index (χ0n) is 13.3. The molecule has 1 aromatic rings. The van der Waals surface area contributed by atoms with Crippen molar-refractivity contribution in [2.24, 2.45) is 5.92 Å². The Hall–Kier alpha value is -2.37. The van der Waals surface area contributed by atoms with Crippen LogP contribution in [0.15, 0.2) is 24.3 Å². The van der Waals surface area contributed by atoms with Crippen LogP contribution in [0.3, 0.4) is 0 Å². The normalized spacial score (nSPS) is 11.9. The highest BCUT2D eigenvalue weighted by molar-refractivity contribution is 5.98. The second kappa shape index (κ2) is 7.59. The molecule has 0 fully saturated rings. The van der Waals surface area contributed by atoms with Gasteiger partial charge in [0.15, 0.2) is 0 Å². The quantitative estimate of drug-likeness (QED) is 0.836. The van der Waals surface area contributed by atoms with E-state index in [1.54, 1.807) is 26.2 Å². The van der Waals surface area contributed by atoms with Crippen LogP contribution in [0.2, 0.25) is 0 Å². The molecule has 0 saturated carbocycles. The van der Waals surface area contributed by atoms with Crippen molar-refractivity contribution in [1.29, 1.82) is 0 Å². The van der Waals surface area contributed by atoms with Gasteiger partial charge in [-0.2, -0.15) is 0 Å². The highest BCUT2D eigenvalue weighted by atomic mass is 16.4. The smallest absolute Gasteiger partial charge is 0.326 e. The van der Waals surface area contributed by atoms with Crippen molar-refractivity contribution in [2.75, 3.05) is 14.1 Å². The summed E-state index contributed by atoms with van der Waals surface area (Å²) >= 11 is 0. The van der Waals surface area contributed by atoms with Crippen molar-refractivity contribution in [2.45, 2.75) is 26.3 Å². The lowest BCUT2D eigenvalue weighted by atomic mass is 10.0. The van der Waals surface area contributed by atoms with Crippen molar-refractivity contribution >= 4 is 17.8 Å². The fourth-order valence-electron chi connectivity index (χ4n) is 1.96. The first-order valence-electron chi connectivity index (χ1n) is 7.07. The fourth-order valence-corrected chi connectivity index (χ4v) is 1.96. The van der Waals surface area contributed by atoms with Gasteiger partial charge in [-0.05, 0) is 36.6 Å². The average molecular weight is 306 g/mol. The number of amides is 2. The summed E-state index contributed by atoms with van der Waals surface area (Å²) < 4.78 is 0. The van der Waals surface area contributed by atoms with Gasteiger partial charge in [0.25, 0.3) is 11.8 Å². The Morgan fingerprint density at radius 1 is 1.09 bits per heavy atom. The molecule has 0 radical (unpaired) electrons. The Morgan fingerprint density at radius 2 is 1.59 bits per heavy atom. The number of carbonyl (C=O) groups excluding carboxylic acids is 2. The molecule has 1 rings (SSSR count). The van der Waals surface area contributed by atoms with E-state index in [4.69, 9.17) is 5.11 Å². The topological polar surface area (TPSA) is 86.7 Å². The van der Waals surface area contributed by atoms with Crippen LogP contribution in [0, 0.1) is 5.92 Å². The lowest BCUT2D eigenvalue weighted by molar-refractivity contribution is -0.139. The largest absolute Gasteiger partial charge is 0.480 e. The molecule has 0 aliphatic heterocycles. The molecule has 0 heterocycles. The van der Waals surface area contributed by atoms with Gasteiger partial charge in [-0.15, -0.1) is 0 Å². The number of aliphatic carboxylic acids is 1. The monoisotopic (exact) mass is 306 g/mol. The maximum absolute atomic E-state index is 12.1. The van der Waals surface area contributed by atoms with Gasteiger partial charge in [0.1, 0.15) is 6.04 Å². The maximum Gasteiger partial charge on any atom is 0.326 e. The number of rotatable bonds is 6. The number of hydrogen-bond acceptors (Lipinski definition) is 3. The molecule has 0 bridgehead atoms. The SMILES string of the molecule is CC(C)C[C@H](NC(=O)c1ccc(C(=O)N(C)C)cc1)C(=O)O. The predicted molar refractivity (Wildman–Crippen MR) is 82.8 cm³/mol. The third-order valence-corrected chi connectivity index (χ3v) is 3.11. The Kier molecular flexibility index (Phi) is 6.10. The van der Waals surface area contributed by atoms with Crippen LogP contribution in [0.4, 0.5) is 0 Å². The molecular formula is C16H22N2O4. The molecule has 1 atom stereocenters. The van der Waals surface area contributed by atoms with Gasteiger partial charge in [-0.3, -0.25) is 9.59 Å². The summed E-state index contributed by atoms with van der Waals surface area (Å²) in [7, 11) is 3.29. The summed E-state index contributed by atoms with van der Waals surface area (Å²) in [5.41, 5.74) is 0.795. The number of hydrogen-bond donors (Lipinski definition) is 2. The average Bonchev–Trinajstić information content (AvgIpc) is 2.45. The van der Waals surface area contributed by atoms with Crippen molar-refractivity contribution < 1.29 is 19.5 Å². The summed E-state index contributed by atoms with van der Waals surface area (Å²) in [6.45, 7) is 3.79. The van der Waals surface area contributed by atoms with Gasteiger partial charge >= 0.3 is 5.97 Å². The van der Waals surface area contributed by atoms with Crippen molar-refractivity contribution in [3.05, 3.63) is 35.4 Å². The van der Waals surface area contributed by atoms with Crippen LogP contribution in [-0.2, 0) is 4.79 Å². The molecule has 0 aliphatic rings. The van der Waals surface area contributed by atoms with Crippen LogP contribution >= 0.6 is 0 Å². The van der Waals surface area contributed by atoms with Gasteiger partial charge in [-0.1, -0.05) is 13.8 Å². The molecule has 6 heteroatoms. The molecule has 0 unspecified atom stereocenters. The summed E-state index contributed by atoms with van der Waals surface area (Å²) in [4.78, 5) is 36.4. The molecule has 120 valence electrons. The van der Waals surface area contributed by atoms with E-state index < -0.39 is 17.9 Å². The standard InChI is InChI=1S/C16H22N2O4/c1-10(2)9-13(16(21)22)17-14(19)11-5-7-12(8-6-11)15(20)18(3)4/h5-8,10,13H,9H2,1-4H3,(H,17,19)(H,21,22)/t13-/m0/s1. The number of carboxylic acid groups (broad SMARTS) is 1. The van der Waals surface area contributed by atoms with Crippen LogP contribution < -0.4 is 5.32 Å². The zero-order chi connectivity index (χ0) is 16.9. The van der Waals surface area contributed by atoms with Crippen molar-refractivity contribution in [1.82, 2.24) is 10.2 Å². The predicted octanol–water partition coefficient (Wildman–Crippen LogP) is 1.62. The van der Waals surface area contributed by atoms with Crippen molar-refractivity contribution in [3.63, 3.8) is 0 Å². The molecule has 0 aliphatic carbocycles. The lowest BCUT2D eigenvalue weighted by Crippen LogP contribution is -2.41. The van der Waals surface area contributed by atoms with E-state index in [1.165, 1.54) is 17.0 Å². The molecule has 2 amide bonds. The Balaban J connectivity index is 2.81. The summed E-state index contributed by atoms with van der Waals surface area (Å²) in [5.74, 6) is -1.52. The van der Waals surface area contributed by atoms with Gasteiger partial charge in [0.05, 0.1) is 0 Å². The molecule has 22 heavy (non-hydrogen) atoms. The van der Waals surface area contributed by atoms with E-state index in [1.807, 2.05) is 13.8 Å². The first-order chi connectivity index (χ1) is 10.2. The molecule has 0 aromatic heterocycles. The second-order valence-electron chi connectivity index (χ2n) is 5.77. The number of nitrogens with zero attached hydrogens (tertiary/aromatic N) is 1. The highest BCUT2D eigenvalue weighted by Crippen LogP contribution is 2.09. The van der Waals surface area contributed by atoms with E-state index >= 15 is 0 Å². The van der Waals surface area contributed by atoms with E-state index in [2.05, 4.69) is 5.32 Å². The Bertz CT molecular complexity index is 550. The zero-order valence-corrected chi connectivity index (χ0v) is 13.3. The number of carbonyl (C=O) groups is 3. The molecule has 2 N–H and O–H groups in total. The number of nitrogens with one attached hydrogen (secondary N) is 1. The first kappa shape index (κ1) is 17.7. The van der Waals surface area contributed by atoms with E-state index in [9.17, 15) is 14.4 Å². The lowest BCUT2D eigenvalue weighted by Gasteiger charge is -2.16.